The third kappa shape index (κ3) is 3.62. The molecule has 2 rings (SSSR count). The minimum Gasteiger partial charge on any atom is -0.392 e. The molecule has 0 aromatic heterocycles. The van der Waals surface area contributed by atoms with Crippen molar-refractivity contribution in [3.8, 4) is 0 Å². The Hall–Kier alpha value is -1.23. The van der Waals surface area contributed by atoms with Crippen molar-refractivity contribution in [3.05, 3.63) is 64.4 Å². The lowest BCUT2D eigenvalue weighted by Crippen LogP contribution is -1.97. The molecule has 1 N–H and O–H groups in total. The summed E-state index contributed by atoms with van der Waals surface area (Å²) in [4.78, 5) is 0.498. The highest BCUT2D eigenvalue weighted by molar-refractivity contribution is 7.84. The lowest BCUT2D eigenvalue weighted by Gasteiger charge is -2.04. The average Bonchev–Trinajstić information content (AvgIpc) is 2.42. The van der Waals surface area contributed by atoms with E-state index >= 15 is 0 Å². The van der Waals surface area contributed by atoms with Gasteiger partial charge in [0.2, 0.25) is 0 Å². The Balaban J connectivity index is 2.13. The van der Waals surface area contributed by atoms with Crippen molar-refractivity contribution in [1.29, 1.82) is 0 Å². The van der Waals surface area contributed by atoms with Crippen LogP contribution in [0.25, 0.3) is 0 Å². The first-order valence-corrected chi connectivity index (χ1v) is 7.32. The van der Waals surface area contributed by atoms with Crippen molar-refractivity contribution in [3.63, 3.8) is 0 Å². The summed E-state index contributed by atoms with van der Waals surface area (Å²) < 4.78 is 25.1. The first kappa shape index (κ1) is 14.2. The van der Waals surface area contributed by atoms with Gasteiger partial charge in [-0.15, -0.1) is 0 Å². The highest BCUT2D eigenvalue weighted by Gasteiger charge is 2.08. The van der Waals surface area contributed by atoms with E-state index in [2.05, 4.69) is 0 Å². The van der Waals surface area contributed by atoms with E-state index in [-0.39, 0.29) is 11.6 Å². The smallest absolute Gasteiger partial charge is 0.141 e. The van der Waals surface area contributed by atoms with E-state index in [4.69, 9.17) is 16.7 Å². The van der Waals surface area contributed by atoms with Crippen molar-refractivity contribution in [2.75, 3.05) is 0 Å². The summed E-state index contributed by atoms with van der Waals surface area (Å²) in [7, 11) is -1.28. The van der Waals surface area contributed by atoms with Gasteiger partial charge in [0.15, 0.2) is 0 Å². The Labute approximate surface area is 118 Å². The summed E-state index contributed by atoms with van der Waals surface area (Å²) in [6.07, 6.45) is 0. The van der Waals surface area contributed by atoms with E-state index in [9.17, 15) is 8.60 Å². The fourth-order valence-electron chi connectivity index (χ4n) is 1.59. The molecule has 0 saturated carbocycles. The van der Waals surface area contributed by atoms with Crippen molar-refractivity contribution in [1.82, 2.24) is 0 Å². The molecule has 0 unspecified atom stereocenters. The maximum absolute atomic E-state index is 13.0. The second-order valence-corrected chi connectivity index (χ2v) is 5.90. The maximum atomic E-state index is 13.0. The molecule has 19 heavy (non-hydrogen) atoms. The maximum Gasteiger partial charge on any atom is 0.141 e. The fraction of sp³-hybridized carbons (Fsp3) is 0.143. The molecule has 0 aliphatic heterocycles. The Morgan fingerprint density at radius 2 is 1.74 bits per heavy atom. The quantitative estimate of drug-likeness (QED) is 0.940. The van der Waals surface area contributed by atoms with E-state index < -0.39 is 16.6 Å². The zero-order valence-corrected chi connectivity index (χ0v) is 11.5. The molecule has 5 heteroatoms. The summed E-state index contributed by atoms with van der Waals surface area (Å²) in [5.74, 6) is -0.192. The van der Waals surface area contributed by atoms with Crippen molar-refractivity contribution >= 4 is 22.4 Å². The third-order valence-corrected chi connectivity index (χ3v) is 4.32. The van der Waals surface area contributed by atoms with Crippen LogP contribution in [-0.2, 0) is 23.2 Å². The highest BCUT2D eigenvalue weighted by atomic mass is 35.5. The number of benzene rings is 2. The van der Waals surface area contributed by atoms with Crippen LogP contribution in [0.3, 0.4) is 0 Å². The lowest BCUT2D eigenvalue weighted by molar-refractivity contribution is 0.282. The summed E-state index contributed by atoms with van der Waals surface area (Å²) >= 11 is 5.66. The van der Waals surface area contributed by atoms with E-state index in [1.54, 1.807) is 12.1 Å². The number of rotatable bonds is 4. The lowest BCUT2D eigenvalue weighted by atomic mass is 10.2. The largest absolute Gasteiger partial charge is 0.392 e. The molecule has 1 atom stereocenters. The molecular formula is C14H12ClFO2S. The summed E-state index contributed by atoms with van der Waals surface area (Å²) in [5.41, 5.74) is 1.69. The Bertz CT molecular complexity index is 599. The molecule has 0 heterocycles. The van der Waals surface area contributed by atoms with Crippen LogP contribution in [0.1, 0.15) is 11.1 Å². The molecule has 0 aliphatic rings. The van der Waals surface area contributed by atoms with Crippen LogP contribution in [0, 0.1) is 5.82 Å². The molecule has 0 spiro atoms. The van der Waals surface area contributed by atoms with Gasteiger partial charge < -0.3 is 5.11 Å². The van der Waals surface area contributed by atoms with Crippen LogP contribution >= 0.6 is 11.6 Å². The van der Waals surface area contributed by atoms with E-state index in [0.29, 0.717) is 10.6 Å². The van der Waals surface area contributed by atoms with Gasteiger partial charge in [0, 0.05) is 4.90 Å². The Kier molecular flexibility index (Phi) is 4.69. The number of hydrogen-bond donors (Lipinski definition) is 1. The monoisotopic (exact) mass is 298 g/mol. The highest BCUT2D eigenvalue weighted by Crippen LogP contribution is 2.20. The molecule has 0 saturated heterocycles. The minimum atomic E-state index is -1.28. The molecule has 0 bridgehead atoms. The van der Waals surface area contributed by atoms with Gasteiger partial charge in [-0.2, -0.15) is 0 Å². The molecule has 2 nitrogen and oxygen atoms in total. The first-order chi connectivity index (χ1) is 9.10. The van der Waals surface area contributed by atoms with Crippen LogP contribution in [0.15, 0.2) is 47.4 Å². The van der Waals surface area contributed by atoms with Gasteiger partial charge in [0.25, 0.3) is 0 Å². The molecule has 0 radical (unpaired) electrons. The van der Waals surface area contributed by atoms with Gasteiger partial charge in [0.1, 0.15) is 5.82 Å². The van der Waals surface area contributed by atoms with Crippen molar-refractivity contribution in [2.24, 2.45) is 0 Å². The molecule has 2 aromatic rings. The zero-order valence-electron chi connectivity index (χ0n) is 9.98. The van der Waals surface area contributed by atoms with Gasteiger partial charge in [-0.3, -0.25) is 4.21 Å². The molecular weight excluding hydrogens is 287 g/mol. The van der Waals surface area contributed by atoms with Crippen LogP contribution in [-0.4, -0.2) is 9.32 Å². The number of halogens is 2. The van der Waals surface area contributed by atoms with Crippen LogP contribution in [0.4, 0.5) is 4.39 Å². The van der Waals surface area contributed by atoms with Gasteiger partial charge in [0.05, 0.1) is 28.2 Å². The van der Waals surface area contributed by atoms with Gasteiger partial charge in [-0.25, -0.2) is 4.39 Å². The Morgan fingerprint density at radius 1 is 1.11 bits per heavy atom. The first-order valence-electron chi connectivity index (χ1n) is 5.62. The van der Waals surface area contributed by atoms with Crippen LogP contribution in [0.5, 0.6) is 0 Å². The van der Waals surface area contributed by atoms with Crippen molar-refractivity contribution in [2.45, 2.75) is 17.3 Å². The van der Waals surface area contributed by atoms with E-state index in [0.717, 1.165) is 11.1 Å². The predicted molar refractivity (Wildman–Crippen MR) is 73.9 cm³/mol. The average molecular weight is 299 g/mol. The van der Waals surface area contributed by atoms with Crippen LogP contribution < -0.4 is 0 Å². The SMILES string of the molecule is O=[S@](Cc1ccc(CO)cc1)c1ccc(F)c(Cl)c1. The topological polar surface area (TPSA) is 37.3 Å². The normalized spacial score (nSPS) is 12.4. The van der Waals surface area contributed by atoms with Gasteiger partial charge in [-0.05, 0) is 29.3 Å². The second-order valence-electron chi connectivity index (χ2n) is 4.04. The third-order valence-electron chi connectivity index (χ3n) is 2.66. The fourth-order valence-corrected chi connectivity index (χ4v) is 2.97. The number of aliphatic hydroxyl groups is 1. The molecule has 0 fully saturated rings. The molecule has 0 aliphatic carbocycles. The number of aliphatic hydroxyl groups excluding tert-OH is 1. The standard InChI is InChI=1S/C14H12ClFO2S/c15-13-7-12(5-6-14(13)16)19(18)9-11-3-1-10(8-17)2-4-11/h1-7,17H,8-9H2/t19-/m1/s1. The van der Waals surface area contributed by atoms with E-state index in [1.165, 1.54) is 18.2 Å². The van der Waals surface area contributed by atoms with E-state index in [1.807, 2.05) is 12.1 Å². The molecule has 100 valence electrons. The summed E-state index contributed by atoms with van der Waals surface area (Å²) in [5, 5.41) is 8.91. The summed E-state index contributed by atoms with van der Waals surface area (Å²) in [6.45, 7) is -0.0169. The molecule has 0 amide bonds. The number of hydrogen-bond acceptors (Lipinski definition) is 2. The van der Waals surface area contributed by atoms with Crippen LogP contribution in [0.2, 0.25) is 5.02 Å². The van der Waals surface area contributed by atoms with Crippen molar-refractivity contribution < 1.29 is 13.7 Å². The summed E-state index contributed by atoms with van der Waals surface area (Å²) in [6, 6.07) is 11.3. The second kappa shape index (κ2) is 6.28. The van der Waals surface area contributed by atoms with Gasteiger partial charge in [-0.1, -0.05) is 35.9 Å². The van der Waals surface area contributed by atoms with Gasteiger partial charge >= 0.3 is 0 Å². The predicted octanol–water partition coefficient (Wildman–Crippen LogP) is 3.28. The Morgan fingerprint density at radius 3 is 2.32 bits per heavy atom. The zero-order chi connectivity index (χ0) is 13.8. The molecule has 2 aromatic carbocycles. The minimum absolute atomic E-state index is 0.0169.